The predicted octanol–water partition coefficient (Wildman–Crippen LogP) is 4.84. The van der Waals surface area contributed by atoms with Gasteiger partial charge in [0.05, 0.1) is 16.4 Å². The third-order valence-corrected chi connectivity index (χ3v) is 5.36. The lowest BCUT2D eigenvalue weighted by Gasteiger charge is -2.14. The average Bonchev–Trinajstić information content (AvgIpc) is 2.86. The van der Waals surface area contributed by atoms with Gasteiger partial charge in [0.2, 0.25) is 0 Å². The molecular formula is C17H10Cl2N2O5S. The Bertz CT molecular complexity index is 989. The number of phenolic OH excluding ortho intramolecular Hbond substituents is 1. The summed E-state index contributed by atoms with van der Waals surface area (Å²) in [7, 11) is 0. The monoisotopic (exact) mass is 424 g/mol. The fourth-order valence-electron chi connectivity index (χ4n) is 2.41. The number of nitro benzene ring substituents is 1. The summed E-state index contributed by atoms with van der Waals surface area (Å²) in [5.74, 6) is -1.05. The van der Waals surface area contributed by atoms with E-state index in [1.54, 1.807) is 18.2 Å². The number of amides is 2. The van der Waals surface area contributed by atoms with Crippen LogP contribution in [-0.2, 0) is 11.3 Å². The van der Waals surface area contributed by atoms with Gasteiger partial charge >= 0.3 is 5.69 Å². The summed E-state index contributed by atoms with van der Waals surface area (Å²) in [6.45, 7) is -0.0871. The van der Waals surface area contributed by atoms with Crippen molar-refractivity contribution < 1.29 is 19.6 Å². The normalized spacial score (nSPS) is 15.6. The maximum absolute atomic E-state index is 12.6. The van der Waals surface area contributed by atoms with Crippen LogP contribution in [0.3, 0.4) is 0 Å². The topological polar surface area (TPSA) is 101 Å². The van der Waals surface area contributed by atoms with Crippen molar-refractivity contribution in [2.75, 3.05) is 0 Å². The van der Waals surface area contributed by atoms with E-state index in [9.17, 15) is 24.8 Å². The summed E-state index contributed by atoms with van der Waals surface area (Å²) in [5.41, 5.74) is 0.260. The molecule has 1 aliphatic heterocycles. The highest BCUT2D eigenvalue weighted by molar-refractivity contribution is 8.18. The molecule has 1 N–H and O–H groups in total. The molecule has 2 aromatic carbocycles. The zero-order chi connectivity index (χ0) is 19.7. The Morgan fingerprint density at radius 1 is 1.19 bits per heavy atom. The molecule has 0 radical (unpaired) electrons. The number of phenols is 1. The van der Waals surface area contributed by atoms with Crippen LogP contribution in [-0.4, -0.2) is 26.1 Å². The third-order valence-electron chi connectivity index (χ3n) is 3.75. The first kappa shape index (κ1) is 19.2. The first-order chi connectivity index (χ1) is 12.8. The van der Waals surface area contributed by atoms with Gasteiger partial charge in [0.1, 0.15) is 0 Å². The Balaban J connectivity index is 1.89. The molecule has 2 aromatic rings. The van der Waals surface area contributed by atoms with Gasteiger partial charge in [-0.3, -0.25) is 24.6 Å². The van der Waals surface area contributed by atoms with E-state index in [1.165, 1.54) is 12.1 Å². The van der Waals surface area contributed by atoms with Gasteiger partial charge in [0.25, 0.3) is 11.1 Å². The molecule has 3 rings (SSSR count). The molecule has 0 saturated carbocycles. The van der Waals surface area contributed by atoms with Crippen molar-refractivity contribution in [2.24, 2.45) is 0 Å². The van der Waals surface area contributed by atoms with E-state index in [4.69, 9.17) is 23.2 Å². The molecule has 0 aliphatic carbocycles. The van der Waals surface area contributed by atoms with Crippen LogP contribution in [0.15, 0.2) is 41.3 Å². The molecule has 0 spiro atoms. The molecule has 0 atom stereocenters. The number of thioether (sulfide) groups is 1. The van der Waals surface area contributed by atoms with Gasteiger partial charge in [0, 0.05) is 21.7 Å². The highest BCUT2D eigenvalue weighted by Crippen LogP contribution is 2.36. The number of nitro groups is 1. The van der Waals surface area contributed by atoms with E-state index in [0.29, 0.717) is 32.9 Å². The second-order valence-electron chi connectivity index (χ2n) is 5.47. The third kappa shape index (κ3) is 3.92. The number of hydrogen-bond donors (Lipinski definition) is 1. The summed E-state index contributed by atoms with van der Waals surface area (Å²) in [5, 5.41) is 20.6. The molecule has 1 fully saturated rings. The van der Waals surface area contributed by atoms with Crippen LogP contribution >= 0.6 is 35.0 Å². The highest BCUT2D eigenvalue weighted by Gasteiger charge is 2.35. The van der Waals surface area contributed by atoms with Crippen molar-refractivity contribution in [3.05, 3.63) is 72.6 Å². The molecule has 0 bridgehead atoms. The predicted molar refractivity (Wildman–Crippen MR) is 103 cm³/mol. The summed E-state index contributed by atoms with van der Waals surface area (Å²) in [6, 6.07) is 8.54. The van der Waals surface area contributed by atoms with E-state index in [2.05, 4.69) is 0 Å². The lowest BCUT2D eigenvalue weighted by molar-refractivity contribution is -0.385. The van der Waals surface area contributed by atoms with Crippen molar-refractivity contribution in [1.29, 1.82) is 0 Å². The lowest BCUT2D eigenvalue weighted by Crippen LogP contribution is -2.27. The summed E-state index contributed by atoms with van der Waals surface area (Å²) in [4.78, 5) is 36.1. The van der Waals surface area contributed by atoms with Crippen molar-refractivity contribution in [1.82, 2.24) is 4.90 Å². The molecule has 0 aromatic heterocycles. The van der Waals surface area contributed by atoms with Gasteiger partial charge in [-0.2, -0.15) is 0 Å². The lowest BCUT2D eigenvalue weighted by atomic mass is 10.1. The Kier molecular flexibility index (Phi) is 5.41. The molecule has 27 heavy (non-hydrogen) atoms. The van der Waals surface area contributed by atoms with E-state index in [0.717, 1.165) is 17.0 Å². The van der Waals surface area contributed by atoms with Crippen molar-refractivity contribution in [3.8, 4) is 5.75 Å². The van der Waals surface area contributed by atoms with Gasteiger partial charge in [-0.1, -0.05) is 35.3 Å². The van der Waals surface area contributed by atoms with Crippen LogP contribution in [0.1, 0.15) is 11.1 Å². The summed E-state index contributed by atoms with van der Waals surface area (Å²) in [6.07, 6.45) is 1.35. The summed E-state index contributed by atoms with van der Waals surface area (Å²) < 4.78 is 0. The Labute approximate surface area is 167 Å². The zero-order valence-corrected chi connectivity index (χ0v) is 15.7. The van der Waals surface area contributed by atoms with Gasteiger partial charge in [-0.15, -0.1) is 0 Å². The standard InChI is InChI=1S/C17H10Cl2N2O5S/c18-11-2-1-3-12(19)10(11)8-20-16(23)15(27-17(20)24)7-9-4-5-14(22)13(6-9)21(25)26/h1-7,22H,8H2/b15-7+. The van der Waals surface area contributed by atoms with E-state index >= 15 is 0 Å². The quantitative estimate of drug-likeness (QED) is 0.427. The fourth-order valence-corrected chi connectivity index (χ4v) is 3.76. The van der Waals surface area contributed by atoms with Gasteiger partial charge in [0.15, 0.2) is 5.75 Å². The van der Waals surface area contributed by atoms with E-state index < -0.39 is 27.5 Å². The molecule has 7 nitrogen and oxygen atoms in total. The minimum atomic E-state index is -0.738. The minimum absolute atomic E-state index is 0.0871. The van der Waals surface area contributed by atoms with Crippen molar-refractivity contribution in [2.45, 2.75) is 6.54 Å². The Hall–Kier alpha value is -2.55. The number of hydrogen-bond acceptors (Lipinski definition) is 6. The van der Waals surface area contributed by atoms with Gasteiger partial charge in [-0.25, -0.2) is 0 Å². The first-order valence-electron chi connectivity index (χ1n) is 7.43. The number of carbonyl (C=O) groups excluding carboxylic acids is 2. The minimum Gasteiger partial charge on any atom is -0.502 e. The number of rotatable bonds is 4. The zero-order valence-electron chi connectivity index (χ0n) is 13.4. The number of aromatic hydroxyl groups is 1. The average molecular weight is 425 g/mol. The maximum Gasteiger partial charge on any atom is 0.311 e. The van der Waals surface area contributed by atoms with Crippen LogP contribution in [0.4, 0.5) is 10.5 Å². The largest absolute Gasteiger partial charge is 0.502 e. The van der Waals surface area contributed by atoms with E-state index in [-0.39, 0.29) is 11.4 Å². The highest BCUT2D eigenvalue weighted by atomic mass is 35.5. The van der Waals surface area contributed by atoms with Crippen LogP contribution in [0, 0.1) is 10.1 Å². The fraction of sp³-hybridized carbons (Fsp3) is 0.0588. The smallest absolute Gasteiger partial charge is 0.311 e. The van der Waals surface area contributed by atoms with Crippen molar-refractivity contribution in [3.63, 3.8) is 0 Å². The molecule has 10 heteroatoms. The van der Waals surface area contributed by atoms with Crippen LogP contribution < -0.4 is 0 Å². The molecule has 0 unspecified atom stereocenters. The number of halogens is 2. The van der Waals surface area contributed by atoms with Crippen molar-refractivity contribution >= 4 is 57.9 Å². The SMILES string of the molecule is O=C1S/C(=C/c2ccc(O)c([N+](=O)[O-])c2)C(=O)N1Cc1c(Cl)cccc1Cl. The Morgan fingerprint density at radius 3 is 2.48 bits per heavy atom. The molecule has 1 heterocycles. The van der Waals surface area contributed by atoms with Crippen LogP contribution in [0.25, 0.3) is 6.08 Å². The van der Waals surface area contributed by atoms with Gasteiger partial charge in [-0.05, 0) is 41.6 Å². The Morgan fingerprint density at radius 2 is 1.85 bits per heavy atom. The number of carbonyl (C=O) groups is 2. The molecule has 2 amide bonds. The molecular weight excluding hydrogens is 415 g/mol. The second kappa shape index (κ2) is 7.59. The second-order valence-corrected chi connectivity index (χ2v) is 7.28. The summed E-state index contributed by atoms with van der Waals surface area (Å²) >= 11 is 12.9. The molecule has 1 aliphatic rings. The molecule has 1 saturated heterocycles. The number of nitrogens with zero attached hydrogens (tertiary/aromatic N) is 2. The van der Waals surface area contributed by atoms with Crippen LogP contribution in [0.2, 0.25) is 10.0 Å². The first-order valence-corrected chi connectivity index (χ1v) is 9.01. The number of benzene rings is 2. The maximum atomic E-state index is 12.6. The van der Waals surface area contributed by atoms with Gasteiger partial charge < -0.3 is 5.11 Å². The van der Waals surface area contributed by atoms with E-state index in [1.807, 2.05) is 0 Å². The van der Waals surface area contributed by atoms with Crippen LogP contribution in [0.5, 0.6) is 5.75 Å². The number of imide groups is 1. The molecule has 138 valence electrons.